The number of nitriles is 1. The van der Waals surface area contributed by atoms with Crippen molar-refractivity contribution in [2.24, 2.45) is 0 Å². The number of nitrogens with zero attached hydrogens (tertiary/aromatic N) is 2. The highest BCUT2D eigenvalue weighted by Crippen LogP contribution is 2.29. The Hall–Kier alpha value is -2.91. The molecule has 6 heteroatoms. The number of anilines is 1. The Morgan fingerprint density at radius 2 is 1.72 bits per heavy atom. The van der Waals surface area contributed by atoms with Gasteiger partial charge in [0.25, 0.3) is 5.69 Å². The van der Waals surface area contributed by atoms with Gasteiger partial charge in [-0.3, -0.25) is 10.1 Å². The van der Waals surface area contributed by atoms with E-state index < -0.39 is 4.92 Å². The van der Waals surface area contributed by atoms with Crippen LogP contribution in [0.1, 0.15) is 31.2 Å². The van der Waals surface area contributed by atoms with Crippen molar-refractivity contribution < 1.29 is 10.0 Å². The second-order valence-corrected chi connectivity index (χ2v) is 6.33. The molecule has 1 aliphatic rings. The van der Waals surface area contributed by atoms with Gasteiger partial charge in [-0.15, -0.1) is 0 Å². The van der Waals surface area contributed by atoms with Gasteiger partial charge in [-0.2, -0.15) is 5.26 Å². The van der Waals surface area contributed by atoms with Gasteiger partial charge in [-0.25, -0.2) is 0 Å². The maximum Gasteiger partial charge on any atom is 0.269 e. The van der Waals surface area contributed by atoms with Gasteiger partial charge in [-0.05, 0) is 61.1 Å². The van der Waals surface area contributed by atoms with Gasteiger partial charge in [0.05, 0.1) is 22.3 Å². The van der Waals surface area contributed by atoms with E-state index in [2.05, 4.69) is 11.4 Å². The molecule has 2 N–H and O–H groups in total. The number of nitrogens with one attached hydrogen (secondary N) is 1. The Labute approximate surface area is 145 Å². The molecule has 25 heavy (non-hydrogen) atoms. The Morgan fingerprint density at radius 1 is 1.08 bits per heavy atom. The fraction of sp³-hybridized carbons (Fsp3) is 0.316. The second-order valence-electron chi connectivity index (χ2n) is 6.33. The summed E-state index contributed by atoms with van der Waals surface area (Å²) in [4.78, 5) is 10.3. The molecule has 0 heterocycles. The van der Waals surface area contributed by atoms with Crippen LogP contribution < -0.4 is 5.32 Å². The average Bonchev–Trinajstić information content (AvgIpc) is 2.63. The third-order valence-electron chi connectivity index (χ3n) is 4.61. The number of aliphatic hydroxyl groups is 1. The molecule has 0 unspecified atom stereocenters. The molecule has 0 aromatic heterocycles. The average molecular weight is 337 g/mol. The summed E-state index contributed by atoms with van der Waals surface area (Å²) in [5.74, 6) is 0. The van der Waals surface area contributed by atoms with Gasteiger partial charge in [0.1, 0.15) is 6.07 Å². The van der Waals surface area contributed by atoms with Crippen molar-refractivity contribution in [3.8, 4) is 17.2 Å². The first kappa shape index (κ1) is 16.9. The van der Waals surface area contributed by atoms with Crippen LogP contribution in [0.15, 0.2) is 42.5 Å². The third-order valence-corrected chi connectivity index (χ3v) is 4.61. The molecule has 1 aliphatic carbocycles. The van der Waals surface area contributed by atoms with Gasteiger partial charge in [0.2, 0.25) is 0 Å². The van der Waals surface area contributed by atoms with Crippen molar-refractivity contribution in [3.05, 3.63) is 58.1 Å². The van der Waals surface area contributed by atoms with Crippen LogP contribution in [0.4, 0.5) is 11.4 Å². The molecular weight excluding hydrogens is 318 g/mol. The highest BCUT2D eigenvalue weighted by Gasteiger charge is 2.20. The zero-order chi connectivity index (χ0) is 17.8. The summed E-state index contributed by atoms with van der Waals surface area (Å²) in [6.07, 6.45) is 3.05. The van der Waals surface area contributed by atoms with Gasteiger partial charge >= 0.3 is 0 Å². The number of aliphatic hydroxyl groups excluding tert-OH is 1. The normalized spacial score (nSPS) is 19.8. The third kappa shape index (κ3) is 3.95. The van der Waals surface area contributed by atoms with Gasteiger partial charge in [0.15, 0.2) is 0 Å². The summed E-state index contributed by atoms with van der Waals surface area (Å²) in [5.41, 5.74) is 3.14. The summed E-state index contributed by atoms with van der Waals surface area (Å²) in [6, 6.07) is 14.3. The minimum absolute atomic E-state index is 0.0523. The van der Waals surface area contributed by atoms with Crippen molar-refractivity contribution in [2.75, 3.05) is 5.32 Å². The minimum Gasteiger partial charge on any atom is -0.393 e. The van der Waals surface area contributed by atoms with Crippen molar-refractivity contribution >= 4 is 11.4 Å². The van der Waals surface area contributed by atoms with Gasteiger partial charge in [0, 0.05) is 18.2 Å². The lowest BCUT2D eigenvalue weighted by molar-refractivity contribution is -0.384. The molecule has 1 fully saturated rings. The number of hydrogen-bond donors (Lipinski definition) is 2. The standard InChI is InChI=1S/C19H19N3O3/c20-12-15-2-1-14(13-3-7-17(8-4-13)22(24)25)11-19(15)21-16-5-9-18(23)10-6-16/h1-4,7-8,11,16,18,21,23H,5-6,9-10H2. The smallest absolute Gasteiger partial charge is 0.269 e. The lowest BCUT2D eigenvalue weighted by atomic mass is 9.92. The van der Waals surface area contributed by atoms with Crippen molar-refractivity contribution in [2.45, 2.75) is 37.8 Å². The lowest BCUT2D eigenvalue weighted by Gasteiger charge is -2.27. The Kier molecular flexibility index (Phi) is 4.96. The molecule has 128 valence electrons. The first-order valence-corrected chi connectivity index (χ1v) is 8.30. The Bertz CT molecular complexity index is 804. The van der Waals surface area contributed by atoms with Crippen molar-refractivity contribution in [1.82, 2.24) is 0 Å². The molecule has 2 aromatic carbocycles. The largest absolute Gasteiger partial charge is 0.393 e. The highest BCUT2D eigenvalue weighted by molar-refractivity contribution is 5.72. The van der Waals surface area contributed by atoms with Crippen molar-refractivity contribution in [1.29, 1.82) is 5.26 Å². The van der Waals surface area contributed by atoms with Gasteiger partial charge < -0.3 is 10.4 Å². The fourth-order valence-corrected chi connectivity index (χ4v) is 3.16. The van der Waals surface area contributed by atoms with E-state index in [-0.39, 0.29) is 17.8 Å². The molecule has 0 saturated heterocycles. The van der Waals surface area contributed by atoms with Crippen LogP contribution in [0.25, 0.3) is 11.1 Å². The molecule has 6 nitrogen and oxygen atoms in total. The summed E-state index contributed by atoms with van der Waals surface area (Å²) in [6.45, 7) is 0. The summed E-state index contributed by atoms with van der Waals surface area (Å²) < 4.78 is 0. The number of nitro groups is 1. The van der Waals surface area contributed by atoms with Crippen LogP contribution in [0, 0.1) is 21.4 Å². The highest BCUT2D eigenvalue weighted by atomic mass is 16.6. The van der Waals surface area contributed by atoms with Crippen LogP contribution in [0.5, 0.6) is 0 Å². The molecule has 0 aliphatic heterocycles. The van der Waals surface area contributed by atoms with E-state index >= 15 is 0 Å². The van der Waals surface area contributed by atoms with E-state index in [1.165, 1.54) is 12.1 Å². The topological polar surface area (TPSA) is 99.2 Å². The molecule has 0 radical (unpaired) electrons. The van der Waals surface area contributed by atoms with E-state index in [1.807, 2.05) is 12.1 Å². The molecule has 1 saturated carbocycles. The molecular formula is C19H19N3O3. The zero-order valence-electron chi connectivity index (χ0n) is 13.7. The van der Waals surface area contributed by atoms with E-state index in [1.54, 1.807) is 18.2 Å². The molecule has 0 spiro atoms. The van der Waals surface area contributed by atoms with E-state index in [4.69, 9.17) is 0 Å². The SMILES string of the molecule is N#Cc1ccc(-c2ccc([N+](=O)[O-])cc2)cc1NC1CCC(O)CC1. The first-order valence-electron chi connectivity index (χ1n) is 8.30. The number of nitro benzene ring substituents is 1. The predicted molar refractivity (Wildman–Crippen MR) is 95.1 cm³/mol. The quantitative estimate of drug-likeness (QED) is 0.652. The molecule has 0 bridgehead atoms. The monoisotopic (exact) mass is 337 g/mol. The maximum atomic E-state index is 10.8. The Morgan fingerprint density at radius 3 is 2.32 bits per heavy atom. The zero-order valence-corrected chi connectivity index (χ0v) is 13.7. The van der Waals surface area contributed by atoms with Crippen molar-refractivity contribution in [3.63, 3.8) is 0 Å². The summed E-state index contributed by atoms with van der Waals surface area (Å²) >= 11 is 0. The summed E-state index contributed by atoms with van der Waals surface area (Å²) in [5, 5.41) is 33.2. The second kappa shape index (κ2) is 7.32. The molecule has 0 amide bonds. The first-order chi connectivity index (χ1) is 12.1. The van der Waals surface area contributed by atoms with Crippen LogP contribution in [0.2, 0.25) is 0 Å². The number of benzene rings is 2. The Balaban J connectivity index is 1.84. The fourth-order valence-electron chi connectivity index (χ4n) is 3.16. The van der Waals surface area contributed by atoms with E-state index in [0.717, 1.165) is 42.5 Å². The van der Waals surface area contributed by atoms with Gasteiger partial charge in [-0.1, -0.05) is 6.07 Å². The number of hydrogen-bond acceptors (Lipinski definition) is 5. The van der Waals surface area contributed by atoms with Crippen LogP contribution in [-0.2, 0) is 0 Å². The predicted octanol–water partition coefficient (Wildman–Crippen LogP) is 3.85. The van der Waals surface area contributed by atoms with Crippen LogP contribution in [0.3, 0.4) is 0 Å². The van der Waals surface area contributed by atoms with Crippen LogP contribution >= 0.6 is 0 Å². The summed E-state index contributed by atoms with van der Waals surface area (Å²) in [7, 11) is 0. The lowest BCUT2D eigenvalue weighted by Crippen LogP contribution is -2.28. The molecule has 3 rings (SSSR count). The number of non-ortho nitro benzene ring substituents is 1. The number of rotatable bonds is 4. The van der Waals surface area contributed by atoms with E-state index in [0.29, 0.717) is 5.56 Å². The van der Waals surface area contributed by atoms with E-state index in [9.17, 15) is 20.5 Å². The molecule has 0 atom stereocenters. The minimum atomic E-state index is -0.424. The van der Waals surface area contributed by atoms with Crippen LogP contribution in [-0.4, -0.2) is 22.2 Å². The maximum absolute atomic E-state index is 10.8. The molecule has 2 aromatic rings.